The zero-order valence-corrected chi connectivity index (χ0v) is 15.5. The van der Waals surface area contributed by atoms with Gasteiger partial charge in [-0.3, -0.25) is 9.59 Å². The number of carbonyl (C=O) groups is 2. The molecule has 1 aliphatic heterocycles. The van der Waals surface area contributed by atoms with Crippen molar-refractivity contribution in [2.24, 2.45) is 23.7 Å². The molecule has 130 valence electrons. The molecule has 4 atom stereocenters. The first-order valence-electron chi connectivity index (χ1n) is 9.17. The smallest absolute Gasteiger partial charge is 0.238 e. The number of hydrogen-bond donors (Lipinski definition) is 0. The van der Waals surface area contributed by atoms with Crippen LogP contribution in [0.2, 0.25) is 0 Å². The Hall–Kier alpha value is -2.16. The number of imide groups is 1. The molecule has 2 amide bonds. The Labute approximate surface area is 149 Å². The number of hydrogen-bond acceptors (Lipinski definition) is 2. The molecule has 2 bridgehead atoms. The normalized spacial score (nSPS) is 30.0. The van der Waals surface area contributed by atoms with Gasteiger partial charge >= 0.3 is 0 Å². The molecule has 4 rings (SSSR count). The SMILES string of the molecule is CC(C)=C1[C@H]2C=C[C@H]1[C@H]1C(=O)N(c3c(C)cccc3C(C)C)C(=O)[C@H]12. The lowest BCUT2D eigenvalue weighted by Gasteiger charge is -2.25. The fourth-order valence-electron chi connectivity index (χ4n) is 5.10. The number of nitrogens with zero attached hydrogens (tertiary/aromatic N) is 1. The van der Waals surface area contributed by atoms with Crippen LogP contribution in [0.3, 0.4) is 0 Å². The first-order valence-corrected chi connectivity index (χ1v) is 9.17. The van der Waals surface area contributed by atoms with Crippen LogP contribution in [0, 0.1) is 30.6 Å². The minimum absolute atomic E-state index is 0.0122. The van der Waals surface area contributed by atoms with Gasteiger partial charge in [0.1, 0.15) is 0 Å². The Kier molecular flexibility index (Phi) is 3.54. The number of carbonyl (C=O) groups excluding carboxylic acids is 2. The Morgan fingerprint density at radius 1 is 1.00 bits per heavy atom. The molecular weight excluding hydrogens is 310 g/mol. The summed E-state index contributed by atoms with van der Waals surface area (Å²) in [5.41, 5.74) is 5.44. The minimum Gasteiger partial charge on any atom is -0.274 e. The number of benzene rings is 1. The second kappa shape index (κ2) is 5.42. The summed E-state index contributed by atoms with van der Waals surface area (Å²) >= 11 is 0. The number of para-hydroxylation sites is 1. The van der Waals surface area contributed by atoms with E-state index in [1.54, 1.807) is 0 Å². The van der Waals surface area contributed by atoms with E-state index >= 15 is 0 Å². The van der Waals surface area contributed by atoms with Crippen molar-refractivity contribution in [3.05, 3.63) is 52.6 Å². The molecule has 1 aromatic carbocycles. The topological polar surface area (TPSA) is 37.4 Å². The molecule has 3 aliphatic rings. The Morgan fingerprint density at radius 3 is 2.04 bits per heavy atom. The summed E-state index contributed by atoms with van der Waals surface area (Å²) in [7, 11) is 0. The zero-order chi connectivity index (χ0) is 18.0. The largest absolute Gasteiger partial charge is 0.274 e. The molecule has 2 aliphatic carbocycles. The van der Waals surface area contributed by atoms with Crippen LogP contribution >= 0.6 is 0 Å². The molecule has 3 heteroatoms. The molecule has 0 radical (unpaired) electrons. The lowest BCUT2D eigenvalue weighted by molar-refractivity contribution is -0.123. The number of anilines is 1. The maximum absolute atomic E-state index is 13.3. The summed E-state index contributed by atoms with van der Waals surface area (Å²) in [5.74, 6) is 0.0164. The number of rotatable bonds is 2. The Balaban J connectivity index is 1.83. The fraction of sp³-hybridized carbons (Fsp3) is 0.455. The number of fused-ring (bicyclic) bond motifs is 5. The summed E-state index contributed by atoms with van der Waals surface area (Å²) in [6.45, 7) is 10.4. The van der Waals surface area contributed by atoms with Crippen molar-refractivity contribution in [2.75, 3.05) is 4.90 Å². The van der Waals surface area contributed by atoms with Gasteiger partial charge < -0.3 is 0 Å². The van der Waals surface area contributed by atoms with Crippen molar-refractivity contribution in [2.45, 2.75) is 40.5 Å². The quantitative estimate of drug-likeness (QED) is 0.594. The van der Waals surface area contributed by atoms with E-state index in [0.29, 0.717) is 0 Å². The van der Waals surface area contributed by atoms with Crippen LogP contribution in [-0.2, 0) is 9.59 Å². The zero-order valence-electron chi connectivity index (χ0n) is 15.5. The molecule has 1 heterocycles. The number of allylic oxidation sites excluding steroid dienone is 4. The van der Waals surface area contributed by atoms with Crippen LogP contribution < -0.4 is 4.90 Å². The monoisotopic (exact) mass is 335 g/mol. The van der Waals surface area contributed by atoms with Crippen molar-refractivity contribution in [3.8, 4) is 0 Å². The highest BCUT2D eigenvalue weighted by Crippen LogP contribution is 2.57. The lowest BCUT2D eigenvalue weighted by atomic mass is 9.85. The summed E-state index contributed by atoms with van der Waals surface area (Å²) in [4.78, 5) is 28.2. The van der Waals surface area contributed by atoms with Crippen molar-refractivity contribution in [1.82, 2.24) is 0 Å². The van der Waals surface area contributed by atoms with Gasteiger partial charge in [-0.2, -0.15) is 0 Å². The molecular formula is C22H25NO2. The van der Waals surface area contributed by atoms with E-state index in [0.717, 1.165) is 16.8 Å². The van der Waals surface area contributed by atoms with E-state index < -0.39 is 0 Å². The van der Waals surface area contributed by atoms with E-state index in [9.17, 15) is 9.59 Å². The first-order chi connectivity index (χ1) is 11.8. The molecule has 1 aromatic rings. The minimum atomic E-state index is -0.216. The van der Waals surface area contributed by atoms with Gasteiger partial charge in [-0.25, -0.2) is 4.90 Å². The molecule has 0 spiro atoms. The maximum atomic E-state index is 13.3. The van der Waals surface area contributed by atoms with E-state index in [-0.39, 0.29) is 41.4 Å². The fourth-order valence-corrected chi connectivity index (χ4v) is 5.10. The molecule has 0 unspecified atom stereocenters. The maximum Gasteiger partial charge on any atom is 0.238 e. The summed E-state index contributed by atoms with van der Waals surface area (Å²) in [6.07, 6.45) is 4.29. The van der Waals surface area contributed by atoms with E-state index in [1.165, 1.54) is 16.0 Å². The summed E-state index contributed by atoms with van der Waals surface area (Å²) in [6, 6.07) is 6.03. The number of aryl methyl sites for hydroxylation is 1. The van der Waals surface area contributed by atoms with Crippen LogP contribution in [0.4, 0.5) is 5.69 Å². The van der Waals surface area contributed by atoms with Gasteiger partial charge in [0.15, 0.2) is 0 Å². The van der Waals surface area contributed by atoms with Crippen LogP contribution in [0.1, 0.15) is 44.7 Å². The Morgan fingerprint density at radius 2 is 1.56 bits per heavy atom. The molecule has 1 saturated heterocycles. The highest BCUT2D eigenvalue weighted by Gasteiger charge is 2.62. The standard InChI is InChI=1S/C22H25NO2/c1-11(2)14-8-6-7-13(5)20(14)23-21(24)18-15-9-10-16(17(15)12(3)4)19(18)22(23)25/h6-11,15-16,18-19H,1-5H3/t15-,16-,18-,19+/m1/s1. The third-order valence-electron chi connectivity index (χ3n) is 6.11. The Bertz CT molecular complexity index is 808. The van der Waals surface area contributed by atoms with Gasteiger partial charge in [0.25, 0.3) is 0 Å². The summed E-state index contributed by atoms with van der Waals surface area (Å²) < 4.78 is 0. The average Bonchev–Trinajstić information content (AvgIpc) is 3.18. The van der Waals surface area contributed by atoms with Gasteiger partial charge in [-0.1, -0.05) is 55.3 Å². The van der Waals surface area contributed by atoms with E-state index in [2.05, 4.69) is 39.8 Å². The van der Waals surface area contributed by atoms with Gasteiger partial charge in [0.2, 0.25) is 11.8 Å². The highest BCUT2D eigenvalue weighted by molar-refractivity contribution is 6.24. The first kappa shape index (κ1) is 16.3. The molecule has 25 heavy (non-hydrogen) atoms. The average molecular weight is 335 g/mol. The molecule has 1 saturated carbocycles. The second-order valence-corrected chi connectivity index (χ2v) is 8.12. The van der Waals surface area contributed by atoms with Crippen molar-refractivity contribution in [1.29, 1.82) is 0 Å². The van der Waals surface area contributed by atoms with Gasteiger partial charge in [0.05, 0.1) is 17.5 Å². The van der Waals surface area contributed by atoms with E-state index in [4.69, 9.17) is 0 Å². The second-order valence-electron chi connectivity index (χ2n) is 8.12. The number of amides is 2. The van der Waals surface area contributed by atoms with Crippen molar-refractivity contribution < 1.29 is 9.59 Å². The predicted molar refractivity (Wildman–Crippen MR) is 99.2 cm³/mol. The third kappa shape index (κ3) is 2.04. The molecule has 0 N–H and O–H groups in total. The van der Waals surface area contributed by atoms with Gasteiger partial charge in [-0.15, -0.1) is 0 Å². The van der Waals surface area contributed by atoms with Crippen molar-refractivity contribution in [3.63, 3.8) is 0 Å². The van der Waals surface area contributed by atoms with Crippen molar-refractivity contribution >= 4 is 17.5 Å². The summed E-state index contributed by atoms with van der Waals surface area (Å²) in [5, 5.41) is 0. The van der Waals surface area contributed by atoms with E-state index in [1.807, 2.05) is 25.1 Å². The van der Waals surface area contributed by atoms with Gasteiger partial charge in [-0.05, 0) is 37.8 Å². The molecule has 3 nitrogen and oxygen atoms in total. The van der Waals surface area contributed by atoms with Crippen LogP contribution in [0.25, 0.3) is 0 Å². The molecule has 2 fully saturated rings. The molecule has 0 aromatic heterocycles. The lowest BCUT2D eigenvalue weighted by Crippen LogP contribution is -2.34. The van der Waals surface area contributed by atoms with Gasteiger partial charge in [0, 0.05) is 11.8 Å². The van der Waals surface area contributed by atoms with Crippen LogP contribution in [0.5, 0.6) is 0 Å². The van der Waals surface area contributed by atoms with Crippen LogP contribution in [0.15, 0.2) is 41.5 Å². The highest BCUT2D eigenvalue weighted by atomic mass is 16.2. The predicted octanol–water partition coefficient (Wildman–Crippen LogP) is 4.38. The third-order valence-corrected chi connectivity index (χ3v) is 6.11. The van der Waals surface area contributed by atoms with Crippen LogP contribution in [-0.4, -0.2) is 11.8 Å².